The van der Waals surface area contributed by atoms with Crippen LogP contribution in [-0.2, 0) is 9.53 Å². The molecule has 1 rings (SSSR count). The molecule has 1 aliphatic heterocycles. The summed E-state index contributed by atoms with van der Waals surface area (Å²) in [5, 5.41) is 0. The van der Waals surface area contributed by atoms with Gasteiger partial charge in [-0.25, -0.2) is 4.79 Å². The zero-order chi connectivity index (χ0) is 13.4. The highest BCUT2D eigenvalue weighted by Crippen LogP contribution is 2.32. The molecule has 0 aliphatic carbocycles. The van der Waals surface area contributed by atoms with E-state index in [1.165, 1.54) is 24.8 Å². The van der Waals surface area contributed by atoms with E-state index < -0.39 is 0 Å². The first-order chi connectivity index (χ1) is 8.74. The van der Waals surface area contributed by atoms with E-state index in [4.69, 9.17) is 4.74 Å². The van der Waals surface area contributed by atoms with Crippen LogP contribution >= 0.6 is 0 Å². The highest BCUT2D eigenvalue weighted by Gasteiger charge is 2.27. The fourth-order valence-corrected chi connectivity index (χ4v) is 2.31. The van der Waals surface area contributed by atoms with E-state index in [2.05, 4.69) is 26.8 Å². The van der Waals surface area contributed by atoms with Crippen molar-refractivity contribution in [1.82, 2.24) is 0 Å². The Hall–Kier alpha value is -1.05. The van der Waals surface area contributed by atoms with Crippen molar-refractivity contribution in [3.05, 3.63) is 23.0 Å². The quantitative estimate of drug-likeness (QED) is 0.452. The molecular weight excluding hydrogens is 224 g/mol. The Labute approximate surface area is 111 Å². The molecule has 1 aliphatic rings. The molecule has 0 aromatic carbocycles. The molecule has 0 atom stereocenters. The number of esters is 1. The van der Waals surface area contributed by atoms with Gasteiger partial charge in [-0.2, -0.15) is 0 Å². The van der Waals surface area contributed by atoms with Gasteiger partial charge in [-0.05, 0) is 31.8 Å². The van der Waals surface area contributed by atoms with E-state index in [1.54, 1.807) is 0 Å². The lowest BCUT2D eigenvalue weighted by molar-refractivity contribution is -0.133. The molecular formula is C16H26O2. The number of hydrogen-bond acceptors (Lipinski definition) is 2. The molecule has 0 aromatic heterocycles. The van der Waals surface area contributed by atoms with Gasteiger partial charge in [0.05, 0.1) is 0 Å². The number of rotatable bonds is 8. The SMILES string of the molecule is CCCCC/C=C1\OC(=O)C(CCC)=C1CCC. The van der Waals surface area contributed by atoms with Crippen LogP contribution in [0.5, 0.6) is 0 Å². The van der Waals surface area contributed by atoms with Crippen molar-refractivity contribution in [2.24, 2.45) is 0 Å². The second-order valence-corrected chi connectivity index (χ2v) is 4.91. The van der Waals surface area contributed by atoms with E-state index in [0.717, 1.165) is 43.4 Å². The van der Waals surface area contributed by atoms with Crippen LogP contribution in [0.3, 0.4) is 0 Å². The van der Waals surface area contributed by atoms with Crippen molar-refractivity contribution in [3.8, 4) is 0 Å². The molecule has 0 unspecified atom stereocenters. The monoisotopic (exact) mass is 250 g/mol. The maximum absolute atomic E-state index is 11.8. The summed E-state index contributed by atoms with van der Waals surface area (Å²) in [5.41, 5.74) is 2.09. The summed E-state index contributed by atoms with van der Waals surface area (Å²) in [6, 6.07) is 0. The highest BCUT2D eigenvalue weighted by molar-refractivity contribution is 5.94. The molecule has 0 bridgehead atoms. The molecule has 2 nitrogen and oxygen atoms in total. The number of carbonyl (C=O) groups excluding carboxylic acids is 1. The number of carbonyl (C=O) groups is 1. The summed E-state index contributed by atoms with van der Waals surface area (Å²) in [7, 11) is 0. The van der Waals surface area contributed by atoms with Crippen LogP contribution in [-0.4, -0.2) is 5.97 Å². The first-order valence-corrected chi connectivity index (χ1v) is 7.39. The average molecular weight is 250 g/mol. The van der Waals surface area contributed by atoms with Crippen molar-refractivity contribution in [2.45, 2.75) is 72.1 Å². The van der Waals surface area contributed by atoms with Gasteiger partial charge in [-0.3, -0.25) is 0 Å². The predicted molar refractivity (Wildman–Crippen MR) is 75.2 cm³/mol. The summed E-state index contributed by atoms with van der Waals surface area (Å²) in [6.45, 7) is 6.45. The normalized spacial score (nSPS) is 17.7. The smallest absolute Gasteiger partial charge is 0.339 e. The topological polar surface area (TPSA) is 26.3 Å². The van der Waals surface area contributed by atoms with E-state index in [0.29, 0.717) is 0 Å². The fraction of sp³-hybridized carbons (Fsp3) is 0.688. The summed E-state index contributed by atoms with van der Waals surface area (Å²) in [6.07, 6.45) is 10.6. The zero-order valence-corrected chi connectivity index (χ0v) is 12.1. The van der Waals surface area contributed by atoms with E-state index in [1.807, 2.05) is 0 Å². The minimum atomic E-state index is -0.109. The lowest BCUT2D eigenvalue weighted by atomic mass is 9.99. The van der Waals surface area contributed by atoms with Gasteiger partial charge < -0.3 is 4.74 Å². The molecule has 0 amide bonds. The average Bonchev–Trinajstić information content (AvgIpc) is 2.64. The molecule has 1 heterocycles. The van der Waals surface area contributed by atoms with Gasteiger partial charge in [0, 0.05) is 11.1 Å². The third-order valence-corrected chi connectivity index (χ3v) is 3.25. The van der Waals surface area contributed by atoms with Gasteiger partial charge in [0.1, 0.15) is 5.76 Å². The van der Waals surface area contributed by atoms with Crippen LogP contribution in [0.25, 0.3) is 0 Å². The second-order valence-electron chi connectivity index (χ2n) is 4.91. The third-order valence-electron chi connectivity index (χ3n) is 3.25. The number of hydrogen-bond donors (Lipinski definition) is 0. The van der Waals surface area contributed by atoms with Crippen LogP contribution in [0.1, 0.15) is 72.1 Å². The molecule has 0 fully saturated rings. The van der Waals surface area contributed by atoms with Crippen molar-refractivity contribution >= 4 is 5.97 Å². The van der Waals surface area contributed by atoms with Crippen molar-refractivity contribution in [3.63, 3.8) is 0 Å². The highest BCUT2D eigenvalue weighted by atomic mass is 16.5. The molecule has 0 saturated heterocycles. The van der Waals surface area contributed by atoms with Crippen LogP contribution < -0.4 is 0 Å². The van der Waals surface area contributed by atoms with E-state index in [9.17, 15) is 4.79 Å². The standard InChI is InChI=1S/C16H26O2/c1-4-7-8-9-12-15-13(10-5-2)14(11-6-3)16(17)18-15/h12H,4-11H2,1-3H3/b15-12-. The molecule has 0 aromatic rings. The largest absolute Gasteiger partial charge is 0.423 e. The van der Waals surface area contributed by atoms with Gasteiger partial charge in [-0.1, -0.05) is 46.5 Å². The maximum Gasteiger partial charge on any atom is 0.339 e. The van der Waals surface area contributed by atoms with E-state index in [-0.39, 0.29) is 5.97 Å². The molecule has 0 N–H and O–H groups in total. The number of allylic oxidation sites excluding steroid dienone is 2. The fourth-order valence-electron chi connectivity index (χ4n) is 2.31. The zero-order valence-electron chi connectivity index (χ0n) is 12.1. The summed E-state index contributed by atoms with van der Waals surface area (Å²) in [5.74, 6) is 0.739. The van der Waals surface area contributed by atoms with Crippen LogP contribution in [0.15, 0.2) is 23.0 Å². The molecule has 102 valence electrons. The minimum Gasteiger partial charge on any atom is -0.423 e. The van der Waals surface area contributed by atoms with Gasteiger partial charge >= 0.3 is 5.97 Å². The van der Waals surface area contributed by atoms with Crippen molar-refractivity contribution < 1.29 is 9.53 Å². The Balaban J connectivity index is 2.75. The maximum atomic E-state index is 11.8. The van der Waals surface area contributed by atoms with Crippen molar-refractivity contribution in [2.75, 3.05) is 0 Å². The molecule has 18 heavy (non-hydrogen) atoms. The Morgan fingerprint density at radius 3 is 2.22 bits per heavy atom. The Bertz CT molecular complexity index is 337. The first kappa shape index (κ1) is 15.0. The molecule has 2 heteroatoms. The molecule has 0 radical (unpaired) electrons. The van der Waals surface area contributed by atoms with Crippen LogP contribution in [0, 0.1) is 0 Å². The van der Waals surface area contributed by atoms with Crippen LogP contribution in [0.4, 0.5) is 0 Å². The van der Waals surface area contributed by atoms with Gasteiger partial charge in [0.15, 0.2) is 0 Å². The number of cyclic esters (lactones) is 1. The molecule has 0 saturated carbocycles. The Kier molecular flexibility index (Phi) is 6.77. The van der Waals surface area contributed by atoms with Gasteiger partial charge in [0.2, 0.25) is 0 Å². The van der Waals surface area contributed by atoms with Gasteiger partial charge in [-0.15, -0.1) is 0 Å². The first-order valence-electron chi connectivity index (χ1n) is 7.39. The van der Waals surface area contributed by atoms with E-state index >= 15 is 0 Å². The number of ether oxygens (including phenoxy) is 1. The van der Waals surface area contributed by atoms with Gasteiger partial charge in [0.25, 0.3) is 0 Å². The minimum absolute atomic E-state index is 0.109. The summed E-state index contributed by atoms with van der Waals surface area (Å²) >= 11 is 0. The lowest BCUT2D eigenvalue weighted by Crippen LogP contribution is -1.98. The van der Waals surface area contributed by atoms with Crippen LogP contribution in [0.2, 0.25) is 0 Å². The Morgan fingerprint density at radius 1 is 0.944 bits per heavy atom. The third kappa shape index (κ3) is 4.01. The second kappa shape index (κ2) is 8.12. The summed E-state index contributed by atoms with van der Waals surface area (Å²) in [4.78, 5) is 11.8. The molecule has 0 spiro atoms. The van der Waals surface area contributed by atoms with Crippen molar-refractivity contribution in [1.29, 1.82) is 0 Å². The predicted octanol–water partition coefficient (Wildman–Crippen LogP) is 4.90. The Morgan fingerprint density at radius 2 is 1.61 bits per heavy atom. The summed E-state index contributed by atoms with van der Waals surface area (Å²) < 4.78 is 5.42. The number of unbranched alkanes of at least 4 members (excludes halogenated alkanes) is 3. The lowest BCUT2D eigenvalue weighted by Gasteiger charge is -2.03.